The van der Waals surface area contributed by atoms with Crippen molar-refractivity contribution < 1.29 is 26.9 Å². The number of piperazine rings is 1. The van der Waals surface area contributed by atoms with Crippen molar-refractivity contribution in [2.45, 2.75) is 6.10 Å². The van der Waals surface area contributed by atoms with E-state index >= 15 is 0 Å². The van der Waals surface area contributed by atoms with Gasteiger partial charge in [-0.2, -0.15) is 8.42 Å². The number of nitrogens with zero attached hydrogens (tertiary/aromatic N) is 2. The Morgan fingerprint density at radius 2 is 1.94 bits per heavy atom. The molecule has 0 aromatic heterocycles. The molecule has 0 aliphatic carbocycles. The van der Waals surface area contributed by atoms with E-state index in [-0.39, 0.29) is 6.54 Å². The Bertz CT molecular complexity index is 380. The fourth-order valence-electron chi connectivity index (χ4n) is 1.76. The molecule has 0 radical (unpaired) electrons. The van der Waals surface area contributed by atoms with Crippen molar-refractivity contribution >= 4 is 16.2 Å². The molecule has 1 fully saturated rings. The number of hydrogen-bond donors (Lipinski definition) is 1. The van der Waals surface area contributed by atoms with Crippen molar-refractivity contribution in [3.63, 3.8) is 0 Å². The number of halogens is 1. The fourth-order valence-corrected chi connectivity index (χ4v) is 2.37. The van der Waals surface area contributed by atoms with Crippen LogP contribution in [-0.2, 0) is 14.3 Å². The highest BCUT2D eigenvalue weighted by molar-refractivity contribution is 7.86. The third kappa shape index (κ3) is 5.15. The van der Waals surface area contributed by atoms with Gasteiger partial charge in [-0.15, -0.1) is 0 Å². The summed E-state index contributed by atoms with van der Waals surface area (Å²) >= 11 is 0. The van der Waals surface area contributed by atoms with Crippen molar-refractivity contribution in [3.8, 4) is 0 Å². The lowest BCUT2D eigenvalue weighted by Gasteiger charge is -2.34. The van der Waals surface area contributed by atoms with Gasteiger partial charge in [0.2, 0.25) is 0 Å². The number of carboxylic acid groups (broad SMARTS) is 1. The second-order valence-electron chi connectivity index (χ2n) is 4.15. The molecule has 1 aliphatic heterocycles. The Labute approximate surface area is 105 Å². The predicted octanol–water partition coefficient (Wildman–Crippen LogP) is -0.404. The maximum absolute atomic E-state index is 12.6. The van der Waals surface area contributed by atoms with Crippen molar-refractivity contribution in [2.75, 3.05) is 45.7 Å². The van der Waals surface area contributed by atoms with Crippen molar-refractivity contribution in [3.05, 3.63) is 0 Å². The molecule has 1 heterocycles. The van der Waals surface area contributed by atoms with E-state index in [1.165, 1.54) is 4.90 Å². The number of carbonyl (C=O) groups is 1. The molecule has 106 valence electrons. The molecule has 0 saturated carbocycles. The van der Waals surface area contributed by atoms with Gasteiger partial charge < -0.3 is 10.0 Å². The molecule has 7 nitrogen and oxygen atoms in total. The Hall–Kier alpha value is -0.930. The van der Waals surface area contributed by atoms with Crippen LogP contribution in [0.15, 0.2) is 0 Å². The zero-order chi connectivity index (χ0) is 13.8. The summed E-state index contributed by atoms with van der Waals surface area (Å²) in [5, 5.41) is 8.75. The Morgan fingerprint density at radius 3 is 2.33 bits per heavy atom. The predicted molar refractivity (Wildman–Crippen MR) is 61.7 cm³/mol. The van der Waals surface area contributed by atoms with E-state index in [4.69, 9.17) is 5.11 Å². The zero-order valence-corrected chi connectivity index (χ0v) is 10.9. The molecule has 18 heavy (non-hydrogen) atoms. The summed E-state index contributed by atoms with van der Waals surface area (Å²) in [7, 11) is -3.68. The third-order valence-corrected chi connectivity index (χ3v) is 3.21. The smallest absolute Gasteiger partial charge is 0.407 e. The van der Waals surface area contributed by atoms with E-state index in [1.54, 1.807) is 4.90 Å². The molecule has 0 aromatic rings. The molecule has 1 aliphatic rings. The van der Waals surface area contributed by atoms with Crippen molar-refractivity contribution in [1.29, 1.82) is 0 Å². The fraction of sp³-hybridized carbons (Fsp3) is 0.889. The van der Waals surface area contributed by atoms with Crippen molar-refractivity contribution in [2.24, 2.45) is 0 Å². The summed E-state index contributed by atoms with van der Waals surface area (Å²) in [5.74, 6) is 0. The quantitative estimate of drug-likeness (QED) is 0.691. The van der Waals surface area contributed by atoms with Crippen LogP contribution in [0.5, 0.6) is 0 Å². The molecular weight excluding hydrogens is 267 g/mol. The van der Waals surface area contributed by atoms with Crippen LogP contribution in [0.3, 0.4) is 0 Å². The van der Waals surface area contributed by atoms with Crippen LogP contribution in [0.2, 0.25) is 0 Å². The number of hydrogen-bond acceptors (Lipinski definition) is 5. The molecule has 1 atom stereocenters. The second kappa shape index (κ2) is 6.30. The van der Waals surface area contributed by atoms with Crippen LogP contribution in [0.25, 0.3) is 0 Å². The minimum absolute atomic E-state index is 0.136. The van der Waals surface area contributed by atoms with E-state index in [0.717, 1.165) is 6.26 Å². The minimum atomic E-state index is -3.68. The van der Waals surface area contributed by atoms with Crippen LogP contribution in [0, 0.1) is 0 Å². The summed E-state index contributed by atoms with van der Waals surface area (Å²) in [5.41, 5.74) is 0. The maximum Gasteiger partial charge on any atom is 0.407 e. The first-order valence-electron chi connectivity index (χ1n) is 5.46. The average molecular weight is 284 g/mol. The lowest BCUT2D eigenvalue weighted by Crippen LogP contribution is -2.50. The lowest BCUT2D eigenvalue weighted by molar-refractivity contribution is 0.0723. The topological polar surface area (TPSA) is 87.2 Å². The van der Waals surface area contributed by atoms with Crippen LogP contribution >= 0.6 is 0 Å². The van der Waals surface area contributed by atoms with Gasteiger partial charge in [-0.05, 0) is 0 Å². The van der Waals surface area contributed by atoms with Crippen molar-refractivity contribution in [1.82, 2.24) is 9.80 Å². The molecule has 0 bridgehead atoms. The summed E-state index contributed by atoms with van der Waals surface area (Å²) in [4.78, 5) is 13.7. The van der Waals surface area contributed by atoms with E-state index < -0.39 is 29.0 Å². The first-order chi connectivity index (χ1) is 8.31. The van der Waals surface area contributed by atoms with E-state index in [2.05, 4.69) is 4.18 Å². The Balaban J connectivity index is 2.41. The van der Waals surface area contributed by atoms with Crippen LogP contribution in [0.1, 0.15) is 0 Å². The first-order valence-corrected chi connectivity index (χ1v) is 7.28. The monoisotopic (exact) mass is 284 g/mol. The van der Waals surface area contributed by atoms with Gasteiger partial charge in [0.1, 0.15) is 12.8 Å². The van der Waals surface area contributed by atoms with Gasteiger partial charge in [0.05, 0.1) is 6.26 Å². The molecule has 1 amide bonds. The molecular formula is C9H17FN2O5S. The highest BCUT2D eigenvalue weighted by Gasteiger charge is 2.24. The van der Waals surface area contributed by atoms with Gasteiger partial charge in [0.15, 0.2) is 0 Å². The van der Waals surface area contributed by atoms with E-state index in [1.807, 2.05) is 0 Å². The molecule has 1 saturated heterocycles. The standard InChI is InChI=1S/C9H17FN2O5S/c1-18(15,16)17-8(6-10)7-11-2-4-12(5-3-11)9(13)14/h8H,2-7H2,1H3,(H,13,14). The molecule has 1 rings (SSSR count). The summed E-state index contributed by atoms with van der Waals surface area (Å²) < 4.78 is 39.0. The van der Waals surface area contributed by atoms with Gasteiger partial charge in [0, 0.05) is 32.7 Å². The van der Waals surface area contributed by atoms with E-state index in [0.29, 0.717) is 26.2 Å². The number of alkyl halides is 1. The zero-order valence-electron chi connectivity index (χ0n) is 10.1. The molecule has 1 N–H and O–H groups in total. The SMILES string of the molecule is CS(=O)(=O)OC(CF)CN1CCN(C(=O)O)CC1. The molecule has 0 spiro atoms. The molecule has 0 aromatic carbocycles. The summed E-state index contributed by atoms with van der Waals surface area (Å²) in [6, 6.07) is 0. The van der Waals surface area contributed by atoms with Gasteiger partial charge in [-0.1, -0.05) is 0 Å². The highest BCUT2D eigenvalue weighted by atomic mass is 32.2. The summed E-state index contributed by atoms with van der Waals surface area (Å²) in [6.45, 7) is 0.773. The third-order valence-electron chi connectivity index (χ3n) is 2.59. The average Bonchev–Trinajstić information content (AvgIpc) is 2.27. The highest BCUT2D eigenvalue weighted by Crippen LogP contribution is 2.07. The normalized spacial score (nSPS) is 19.8. The molecule has 9 heteroatoms. The summed E-state index contributed by atoms with van der Waals surface area (Å²) in [6.07, 6.45) is -1.14. The maximum atomic E-state index is 12.6. The number of amides is 1. The Morgan fingerprint density at radius 1 is 1.39 bits per heavy atom. The van der Waals surface area contributed by atoms with Crippen LogP contribution in [0.4, 0.5) is 9.18 Å². The van der Waals surface area contributed by atoms with E-state index in [9.17, 15) is 17.6 Å². The van der Waals surface area contributed by atoms with Crippen LogP contribution in [-0.4, -0.2) is 81.2 Å². The van der Waals surface area contributed by atoms with Gasteiger partial charge >= 0.3 is 6.09 Å². The van der Waals surface area contributed by atoms with Gasteiger partial charge in [-0.3, -0.25) is 9.08 Å². The molecule has 1 unspecified atom stereocenters. The second-order valence-corrected chi connectivity index (χ2v) is 5.75. The first kappa shape index (κ1) is 15.1. The Kier molecular flexibility index (Phi) is 5.29. The van der Waals surface area contributed by atoms with Crippen LogP contribution < -0.4 is 0 Å². The van der Waals surface area contributed by atoms with Gasteiger partial charge in [-0.25, -0.2) is 9.18 Å². The van der Waals surface area contributed by atoms with Gasteiger partial charge in [0.25, 0.3) is 10.1 Å². The number of rotatable bonds is 5. The minimum Gasteiger partial charge on any atom is -0.465 e. The largest absolute Gasteiger partial charge is 0.465 e. The lowest BCUT2D eigenvalue weighted by atomic mass is 10.3.